The smallest absolute Gasteiger partial charge is 0.317 e. The van der Waals surface area contributed by atoms with Gasteiger partial charge in [-0.05, 0) is 6.92 Å². The number of carbonyl (C=O) groups excluding carboxylic acids is 1. The van der Waals surface area contributed by atoms with E-state index in [9.17, 15) is 4.79 Å². The highest BCUT2D eigenvalue weighted by molar-refractivity contribution is 7.99. The number of aromatic nitrogens is 2. The highest BCUT2D eigenvalue weighted by Gasteiger charge is 2.18. The van der Waals surface area contributed by atoms with E-state index >= 15 is 0 Å². The third kappa shape index (κ3) is 3.87. The minimum Gasteiger partial charge on any atom is -0.335 e. The summed E-state index contributed by atoms with van der Waals surface area (Å²) in [6, 6.07) is 0.107. The normalized spacial score (nSPS) is 17.3. The molecule has 1 aromatic heterocycles. The Bertz CT molecular complexity index is 381. The minimum absolute atomic E-state index is 0.0340. The van der Waals surface area contributed by atoms with Gasteiger partial charge in [0.15, 0.2) is 0 Å². The van der Waals surface area contributed by atoms with Crippen molar-refractivity contribution in [1.29, 1.82) is 0 Å². The zero-order chi connectivity index (χ0) is 12.8. The highest BCUT2D eigenvalue weighted by Crippen LogP contribution is 2.09. The molecule has 1 fully saturated rings. The molecule has 0 aromatic carbocycles. The van der Waals surface area contributed by atoms with E-state index in [1.807, 2.05) is 23.6 Å². The fourth-order valence-electron chi connectivity index (χ4n) is 1.87. The quantitative estimate of drug-likeness (QED) is 0.892. The molecule has 0 saturated carbocycles. The maximum Gasteiger partial charge on any atom is 0.317 e. The van der Waals surface area contributed by atoms with E-state index in [-0.39, 0.29) is 12.1 Å². The van der Waals surface area contributed by atoms with Crippen molar-refractivity contribution in [3.05, 3.63) is 24.3 Å². The van der Waals surface area contributed by atoms with Gasteiger partial charge in [-0.15, -0.1) is 0 Å². The number of hydrogen-bond donors (Lipinski definition) is 1. The zero-order valence-corrected chi connectivity index (χ0v) is 11.3. The van der Waals surface area contributed by atoms with Crippen LogP contribution in [0.2, 0.25) is 0 Å². The Hall–Kier alpha value is -1.30. The van der Waals surface area contributed by atoms with Gasteiger partial charge in [-0.25, -0.2) is 4.79 Å². The number of nitrogens with one attached hydrogen (secondary N) is 1. The first-order valence-corrected chi connectivity index (χ1v) is 7.29. The van der Waals surface area contributed by atoms with Crippen LogP contribution in [0.4, 0.5) is 4.79 Å². The lowest BCUT2D eigenvalue weighted by molar-refractivity contribution is 0.199. The summed E-state index contributed by atoms with van der Waals surface area (Å²) in [4.78, 5) is 22.1. The lowest BCUT2D eigenvalue weighted by Crippen LogP contribution is -2.47. The van der Waals surface area contributed by atoms with Crippen molar-refractivity contribution in [2.45, 2.75) is 19.4 Å². The van der Waals surface area contributed by atoms with E-state index in [0.717, 1.165) is 30.3 Å². The number of nitrogens with zero attached hydrogens (tertiary/aromatic N) is 3. The third-order valence-electron chi connectivity index (χ3n) is 2.80. The van der Waals surface area contributed by atoms with Crippen LogP contribution in [0.25, 0.3) is 0 Å². The van der Waals surface area contributed by atoms with E-state index in [1.54, 1.807) is 18.6 Å². The first-order valence-electron chi connectivity index (χ1n) is 6.14. The lowest BCUT2D eigenvalue weighted by Gasteiger charge is -2.28. The van der Waals surface area contributed by atoms with E-state index in [4.69, 9.17) is 0 Å². The van der Waals surface area contributed by atoms with Crippen molar-refractivity contribution < 1.29 is 4.79 Å². The number of thioether (sulfide) groups is 1. The molecule has 2 amide bonds. The topological polar surface area (TPSA) is 58.1 Å². The van der Waals surface area contributed by atoms with Crippen LogP contribution < -0.4 is 5.32 Å². The predicted molar refractivity (Wildman–Crippen MR) is 72.6 cm³/mol. The molecule has 1 unspecified atom stereocenters. The Morgan fingerprint density at radius 2 is 2.28 bits per heavy atom. The van der Waals surface area contributed by atoms with Gasteiger partial charge in [0.05, 0.1) is 5.69 Å². The number of urea groups is 1. The number of hydrogen-bond acceptors (Lipinski definition) is 4. The van der Waals surface area contributed by atoms with Crippen molar-refractivity contribution in [3.63, 3.8) is 0 Å². The standard InChI is InChI=1S/C12H18N4OS/c1-10(8-11-9-13-2-3-14-11)15-12(17)16-4-6-18-7-5-16/h2-3,9-10H,4-8H2,1H3,(H,15,17). The number of rotatable bonds is 3. The van der Waals surface area contributed by atoms with Crippen LogP contribution in [0.3, 0.4) is 0 Å². The number of amides is 2. The fourth-order valence-corrected chi connectivity index (χ4v) is 2.77. The Kier molecular flexibility index (Phi) is 4.81. The average molecular weight is 266 g/mol. The summed E-state index contributed by atoms with van der Waals surface area (Å²) >= 11 is 1.90. The first kappa shape index (κ1) is 13.1. The van der Waals surface area contributed by atoms with Crippen molar-refractivity contribution >= 4 is 17.8 Å². The molecule has 6 heteroatoms. The predicted octanol–water partition coefficient (Wildman–Crippen LogP) is 1.17. The van der Waals surface area contributed by atoms with E-state index < -0.39 is 0 Å². The average Bonchev–Trinajstić information content (AvgIpc) is 2.40. The maximum atomic E-state index is 12.0. The molecule has 5 nitrogen and oxygen atoms in total. The molecular weight excluding hydrogens is 248 g/mol. The molecule has 1 aromatic rings. The van der Waals surface area contributed by atoms with Crippen molar-refractivity contribution in [2.75, 3.05) is 24.6 Å². The Labute approximate surface area is 111 Å². The molecule has 1 aliphatic heterocycles. The lowest BCUT2D eigenvalue weighted by atomic mass is 10.2. The van der Waals surface area contributed by atoms with Gasteiger partial charge in [0.1, 0.15) is 0 Å². The molecule has 18 heavy (non-hydrogen) atoms. The molecule has 2 heterocycles. The summed E-state index contributed by atoms with van der Waals surface area (Å²) in [5, 5.41) is 3.01. The van der Waals surface area contributed by atoms with Gasteiger partial charge in [-0.2, -0.15) is 11.8 Å². The van der Waals surface area contributed by atoms with Crippen LogP contribution in [0, 0.1) is 0 Å². The monoisotopic (exact) mass is 266 g/mol. The van der Waals surface area contributed by atoms with E-state index in [0.29, 0.717) is 6.42 Å². The largest absolute Gasteiger partial charge is 0.335 e. The number of carbonyl (C=O) groups is 1. The molecule has 1 aliphatic rings. The van der Waals surface area contributed by atoms with Gasteiger partial charge in [0, 0.05) is 55.6 Å². The van der Waals surface area contributed by atoms with Gasteiger partial charge < -0.3 is 10.2 Å². The van der Waals surface area contributed by atoms with Crippen LogP contribution in [0.1, 0.15) is 12.6 Å². The maximum absolute atomic E-state index is 12.0. The van der Waals surface area contributed by atoms with Gasteiger partial charge in [0.2, 0.25) is 0 Å². The molecule has 98 valence electrons. The minimum atomic E-state index is 0.0340. The first-order chi connectivity index (χ1) is 8.75. The van der Waals surface area contributed by atoms with Gasteiger partial charge in [-0.1, -0.05) is 0 Å². The summed E-state index contributed by atoms with van der Waals surface area (Å²) in [7, 11) is 0. The molecule has 0 aliphatic carbocycles. The summed E-state index contributed by atoms with van der Waals surface area (Å²) in [5.74, 6) is 2.07. The molecule has 0 bridgehead atoms. The molecule has 2 rings (SSSR count). The zero-order valence-electron chi connectivity index (χ0n) is 10.5. The Balaban J connectivity index is 1.79. The van der Waals surface area contributed by atoms with Gasteiger partial charge >= 0.3 is 6.03 Å². The van der Waals surface area contributed by atoms with Crippen molar-refractivity contribution in [1.82, 2.24) is 20.2 Å². The molecule has 1 saturated heterocycles. The van der Waals surface area contributed by atoms with Crippen molar-refractivity contribution in [2.24, 2.45) is 0 Å². The van der Waals surface area contributed by atoms with Gasteiger partial charge in [-0.3, -0.25) is 9.97 Å². The summed E-state index contributed by atoms with van der Waals surface area (Å²) in [5.41, 5.74) is 0.902. The van der Waals surface area contributed by atoms with Crippen LogP contribution in [0.15, 0.2) is 18.6 Å². The third-order valence-corrected chi connectivity index (χ3v) is 3.74. The van der Waals surface area contributed by atoms with Crippen LogP contribution in [-0.2, 0) is 6.42 Å². The SMILES string of the molecule is CC(Cc1cnccn1)NC(=O)N1CCSCC1. The Morgan fingerprint density at radius 1 is 1.50 bits per heavy atom. The summed E-state index contributed by atoms with van der Waals surface area (Å²) < 4.78 is 0. The molecule has 1 atom stereocenters. The van der Waals surface area contributed by atoms with Crippen LogP contribution >= 0.6 is 11.8 Å². The highest BCUT2D eigenvalue weighted by atomic mass is 32.2. The molecule has 1 N–H and O–H groups in total. The summed E-state index contributed by atoms with van der Waals surface area (Å²) in [6.07, 6.45) is 5.77. The van der Waals surface area contributed by atoms with E-state index in [2.05, 4.69) is 15.3 Å². The second-order valence-corrected chi connectivity index (χ2v) is 5.58. The summed E-state index contributed by atoms with van der Waals surface area (Å²) in [6.45, 7) is 3.67. The molecular formula is C12H18N4OS. The van der Waals surface area contributed by atoms with E-state index in [1.165, 1.54) is 0 Å². The fraction of sp³-hybridized carbons (Fsp3) is 0.583. The Morgan fingerprint density at radius 3 is 2.94 bits per heavy atom. The molecule has 0 radical (unpaired) electrons. The van der Waals surface area contributed by atoms with Crippen molar-refractivity contribution in [3.8, 4) is 0 Å². The second kappa shape index (κ2) is 6.58. The van der Waals surface area contributed by atoms with Crippen LogP contribution in [0.5, 0.6) is 0 Å². The molecule has 0 spiro atoms. The van der Waals surface area contributed by atoms with Gasteiger partial charge in [0.25, 0.3) is 0 Å². The van der Waals surface area contributed by atoms with Crippen LogP contribution in [-0.4, -0.2) is 51.5 Å². The second-order valence-electron chi connectivity index (χ2n) is 4.35.